The van der Waals surface area contributed by atoms with Crippen molar-refractivity contribution in [3.8, 4) is 33.4 Å². The highest BCUT2D eigenvalue weighted by Gasteiger charge is 2.22. The highest BCUT2D eigenvalue weighted by atomic mass is 16.3. The number of rotatable bonds is 6. The van der Waals surface area contributed by atoms with Gasteiger partial charge in [-0.25, -0.2) is 0 Å². The van der Waals surface area contributed by atoms with Gasteiger partial charge in [0.15, 0.2) is 0 Å². The van der Waals surface area contributed by atoms with E-state index in [1.807, 2.05) is 24.3 Å². The largest absolute Gasteiger partial charge is 0.456 e. The lowest BCUT2D eigenvalue weighted by Crippen LogP contribution is -2.11. The molecule has 55 heavy (non-hydrogen) atoms. The third-order valence-electron chi connectivity index (χ3n) is 10.8. The summed E-state index contributed by atoms with van der Waals surface area (Å²) in [6, 6.07) is 71.1. The molecule has 0 spiro atoms. The van der Waals surface area contributed by atoms with Crippen molar-refractivity contribution >= 4 is 71.7 Å². The molecule has 11 rings (SSSR count). The maximum atomic E-state index is 6.46. The molecule has 0 amide bonds. The number of fused-ring (bicyclic) bond motifs is 7. The predicted octanol–water partition coefficient (Wildman–Crippen LogP) is 15.1. The van der Waals surface area contributed by atoms with Gasteiger partial charge in [0.1, 0.15) is 22.3 Å². The summed E-state index contributed by atoms with van der Waals surface area (Å²) in [5.41, 5.74) is 13.5. The number of nitrogens with zero attached hydrogens (tertiary/aromatic N) is 1. The third-order valence-corrected chi connectivity index (χ3v) is 10.8. The minimum Gasteiger partial charge on any atom is -0.456 e. The first-order valence-corrected chi connectivity index (χ1v) is 18.7. The average Bonchev–Trinajstić information content (AvgIpc) is 3.82. The first-order valence-electron chi connectivity index (χ1n) is 18.7. The maximum absolute atomic E-state index is 6.46. The fourth-order valence-corrected chi connectivity index (χ4v) is 8.25. The molecule has 0 atom stereocenters. The van der Waals surface area contributed by atoms with Crippen molar-refractivity contribution in [3.05, 3.63) is 200 Å². The molecule has 0 aliphatic carbocycles. The van der Waals surface area contributed by atoms with Crippen molar-refractivity contribution in [2.45, 2.75) is 0 Å². The maximum Gasteiger partial charge on any atom is 0.137 e. The summed E-state index contributed by atoms with van der Waals surface area (Å²) >= 11 is 0. The summed E-state index contributed by atoms with van der Waals surface area (Å²) in [4.78, 5) is 2.36. The SMILES string of the molecule is c1cc(-c2cccc(N(c3ccc4c(c3)oc3ccccc34)c3ccccc3-c3cccc4oc5ccccc5c34)c2)cc(-c2ccc3ccccc3c2)c1. The molecule has 3 nitrogen and oxygen atoms in total. The summed E-state index contributed by atoms with van der Waals surface area (Å²) < 4.78 is 12.8. The van der Waals surface area contributed by atoms with E-state index in [1.54, 1.807) is 0 Å². The minimum absolute atomic E-state index is 0.850. The van der Waals surface area contributed by atoms with Crippen molar-refractivity contribution < 1.29 is 8.83 Å². The molecule has 3 heteroatoms. The fraction of sp³-hybridized carbons (Fsp3) is 0. The van der Waals surface area contributed by atoms with Crippen LogP contribution in [0.5, 0.6) is 0 Å². The lowest BCUT2D eigenvalue weighted by molar-refractivity contribution is 0.668. The van der Waals surface area contributed by atoms with E-state index in [9.17, 15) is 0 Å². The van der Waals surface area contributed by atoms with Crippen molar-refractivity contribution in [3.63, 3.8) is 0 Å². The van der Waals surface area contributed by atoms with E-state index in [2.05, 4.69) is 181 Å². The Morgan fingerprint density at radius 1 is 0.309 bits per heavy atom. The summed E-state index contributed by atoms with van der Waals surface area (Å²) in [7, 11) is 0. The first kappa shape index (κ1) is 31.2. The molecule has 2 aromatic heterocycles. The lowest BCUT2D eigenvalue weighted by atomic mass is 9.96. The minimum atomic E-state index is 0.850. The Bertz CT molecular complexity index is 3240. The van der Waals surface area contributed by atoms with Gasteiger partial charge in [-0.15, -0.1) is 0 Å². The average molecular weight is 704 g/mol. The third kappa shape index (κ3) is 5.28. The Hall–Kier alpha value is -7.36. The Morgan fingerprint density at radius 3 is 1.76 bits per heavy atom. The van der Waals surface area contributed by atoms with Crippen LogP contribution in [0.2, 0.25) is 0 Å². The van der Waals surface area contributed by atoms with Crippen LogP contribution in [0.4, 0.5) is 17.1 Å². The van der Waals surface area contributed by atoms with Crippen molar-refractivity contribution in [2.24, 2.45) is 0 Å². The smallest absolute Gasteiger partial charge is 0.137 e. The van der Waals surface area contributed by atoms with E-state index in [0.717, 1.165) is 83.2 Å². The topological polar surface area (TPSA) is 29.5 Å². The van der Waals surface area contributed by atoms with Gasteiger partial charge in [-0.1, -0.05) is 133 Å². The fourth-order valence-electron chi connectivity index (χ4n) is 8.25. The zero-order valence-electron chi connectivity index (χ0n) is 29.8. The molecule has 0 unspecified atom stereocenters. The summed E-state index contributed by atoms with van der Waals surface area (Å²) in [6.07, 6.45) is 0. The van der Waals surface area contributed by atoms with Gasteiger partial charge in [-0.3, -0.25) is 0 Å². The van der Waals surface area contributed by atoms with Crippen LogP contribution < -0.4 is 4.90 Å². The van der Waals surface area contributed by atoms with Gasteiger partial charge < -0.3 is 13.7 Å². The molecule has 0 N–H and O–H groups in total. The second-order valence-corrected chi connectivity index (χ2v) is 14.1. The molecule has 9 aromatic carbocycles. The molecule has 0 saturated heterocycles. The molecule has 0 bridgehead atoms. The molecule has 0 fully saturated rings. The Labute approximate surface area is 317 Å². The molecule has 0 aliphatic heterocycles. The number of furan rings is 2. The summed E-state index contributed by atoms with van der Waals surface area (Å²) in [6.45, 7) is 0. The first-order chi connectivity index (χ1) is 27.2. The predicted molar refractivity (Wildman–Crippen MR) is 229 cm³/mol. The van der Waals surface area contributed by atoms with E-state index in [0.29, 0.717) is 0 Å². The van der Waals surface area contributed by atoms with E-state index in [4.69, 9.17) is 8.83 Å². The normalized spacial score (nSPS) is 11.6. The van der Waals surface area contributed by atoms with Gasteiger partial charge in [0.2, 0.25) is 0 Å². The Morgan fingerprint density at radius 2 is 0.891 bits per heavy atom. The Kier molecular flexibility index (Phi) is 7.17. The second kappa shape index (κ2) is 12.6. The van der Waals surface area contributed by atoms with Crippen molar-refractivity contribution in [1.29, 1.82) is 0 Å². The molecule has 2 heterocycles. The number of hydrogen-bond donors (Lipinski definition) is 0. The van der Waals surface area contributed by atoms with Gasteiger partial charge in [0.25, 0.3) is 0 Å². The molecule has 0 radical (unpaired) electrons. The van der Waals surface area contributed by atoms with Crippen LogP contribution in [0.1, 0.15) is 0 Å². The van der Waals surface area contributed by atoms with Crippen molar-refractivity contribution in [2.75, 3.05) is 4.90 Å². The van der Waals surface area contributed by atoms with Gasteiger partial charge in [-0.2, -0.15) is 0 Å². The molecule has 0 saturated carbocycles. The molecule has 11 aromatic rings. The summed E-state index contributed by atoms with van der Waals surface area (Å²) in [5.74, 6) is 0. The van der Waals surface area contributed by atoms with E-state index in [-0.39, 0.29) is 0 Å². The standard InChI is InChI=1S/C52H33NO2/c1-2-13-35-30-39(27-26-34(35)12-1)37-15-9-14-36(31-37)38-16-10-17-40(32-38)53(41-28-29-44-43-19-4-7-23-48(43)55-51(44)33-41)47-22-6-3-18-42(47)45-21-11-25-50-52(45)46-20-5-8-24-49(46)54-50/h1-33H. The molecule has 258 valence electrons. The second-order valence-electron chi connectivity index (χ2n) is 14.1. The van der Waals surface area contributed by atoms with Gasteiger partial charge in [0, 0.05) is 44.5 Å². The van der Waals surface area contributed by atoms with Crippen LogP contribution in [0.3, 0.4) is 0 Å². The quantitative estimate of drug-likeness (QED) is 0.173. The number of para-hydroxylation sites is 3. The summed E-state index contributed by atoms with van der Waals surface area (Å²) in [5, 5.41) is 6.91. The molecular weight excluding hydrogens is 671 g/mol. The molecule has 0 aliphatic rings. The van der Waals surface area contributed by atoms with Gasteiger partial charge in [-0.05, 0) is 99.3 Å². The van der Waals surface area contributed by atoms with Gasteiger partial charge in [0.05, 0.1) is 5.69 Å². The van der Waals surface area contributed by atoms with E-state index < -0.39 is 0 Å². The van der Waals surface area contributed by atoms with Crippen molar-refractivity contribution in [1.82, 2.24) is 0 Å². The van der Waals surface area contributed by atoms with Crippen LogP contribution in [0.25, 0.3) is 88.0 Å². The number of benzene rings is 9. The Balaban J connectivity index is 1.10. The number of anilines is 3. The van der Waals surface area contributed by atoms with Crippen LogP contribution >= 0.6 is 0 Å². The van der Waals surface area contributed by atoms with E-state index >= 15 is 0 Å². The zero-order valence-corrected chi connectivity index (χ0v) is 29.8. The van der Waals surface area contributed by atoms with Crippen LogP contribution in [0, 0.1) is 0 Å². The number of hydrogen-bond acceptors (Lipinski definition) is 3. The highest BCUT2D eigenvalue weighted by Crippen LogP contribution is 2.46. The highest BCUT2D eigenvalue weighted by molar-refractivity contribution is 6.14. The van der Waals surface area contributed by atoms with Gasteiger partial charge >= 0.3 is 0 Å². The zero-order chi connectivity index (χ0) is 36.3. The van der Waals surface area contributed by atoms with Crippen LogP contribution in [-0.2, 0) is 0 Å². The molecular formula is C52H33NO2. The lowest BCUT2D eigenvalue weighted by Gasteiger charge is -2.28. The van der Waals surface area contributed by atoms with E-state index in [1.165, 1.54) is 21.9 Å². The van der Waals surface area contributed by atoms with Crippen LogP contribution in [-0.4, -0.2) is 0 Å². The van der Waals surface area contributed by atoms with Crippen LogP contribution in [0.15, 0.2) is 209 Å². The monoisotopic (exact) mass is 703 g/mol.